The van der Waals surface area contributed by atoms with Gasteiger partial charge in [-0.1, -0.05) is 53.7 Å². The molecule has 504 valence electrons. The van der Waals surface area contributed by atoms with Gasteiger partial charge in [-0.2, -0.15) is 21.2 Å². The van der Waals surface area contributed by atoms with E-state index >= 15 is 0 Å². The second-order valence-corrected chi connectivity index (χ2v) is 35.6. The van der Waals surface area contributed by atoms with Crippen molar-refractivity contribution in [1.82, 2.24) is 34.3 Å². The number of sulfonamides is 2. The zero-order valence-corrected chi connectivity index (χ0v) is 58.5. The lowest BCUT2D eigenvalue weighted by Gasteiger charge is -2.34. The van der Waals surface area contributed by atoms with Gasteiger partial charge in [0.15, 0.2) is 10.1 Å². The SMILES string of the molecule is CC(C)(C)OC(=O)N1C[C@@H](CCC(CCC(C2CC2)C2CC2)Nc2cccc(S(=O)(=O)NC(=O)c3ccc(C(C)(C)C)nc3F)n2)CC1(C)C.CC(C)(C)c1ccc2c(n1)N1C[C@@H](CCC(CCC(C3CC3)C3CC3)Nc3cccc(n3)S(=O)(=O)NC2=O)CC1(C)C. The molecule has 4 bridgehead atoms. The van der Waals surface area contributed by atoms with Gasteiger partial charge >= 0.3 is 6.09 Å². The molecule has 92 heavy (non-hydrogen) atoms. The number of fused-ring (bicyclic) bond motifs is 6. The second-order valence-electron chi connectivity index (χ2n) is 32.3. The van der Waals surface area contributed by atoms with Crippen LogP contribution in [0.2, 0.25) is 0 Å². The van der Waals surface area contributed by atoms with E-state index < -0.39 is 54.4 Å². The highest BCUT2D eigenvalue weighted by atomic mass is 32.2. The molecule has 11 rings (SSSR count). The van der Waals surface area contributed by atoms with Crippen LogP contribution in [0.4, 0.5) is 26.6 Å². The number of carbonyl (C=O) groups excluding carboxylic acids is 3. The Morgan fingerprint density at radius 1 is 0.696 bits per heavy atom. The first kappa shape index (κ1) is 68.9. The number of likely N-dealkylation sites (tertiary alicyclic amines) is 1. The number of carbonyl (C=O) groups is 3. The molecule has 4 aliphatic carbocycles. The highest BCUT2D eigenvalue weighted by molar-refractivity contribution is 7.90. The van der Waals surface area contributed by atoms with E-state index in [1.807, 2.05) is 63.3 Å². The summed E-state index contributed by atoms with van der Waals surface area (Å²) in [7, 11) is -8.61. The van der Waals surface area contributed by atoms with E-state index in [1.165, 1.54) is 82.1 Å². The van der Waals surface area contributed by atoms with E-state index in [-0.39, 0.29) is 50.3 Å². The van der Waals surface area contributed by atoms with Gasteiger partial charge in [-0.05, 0) is 260 Å². The van der Waals surface area contributed by atoms with E-state index in [0.29, 0.717) is 41.5 Å². The molecule has 4 saturated carbocycles. The molecule has 18 nitrogen and oxygen atoms in total. The molecule has 4 N–H and O–H groups in total. The molecular formula is C71H103FN10O8S2. The highest BCUT2D eigenvalue weighted by Gasteiger charge is 2.46. The first-order chi connectivity index (χ1) is 43.0. The number of hydrogen-bond acceptors (Lipinski definition) is 15. The van der Waals surface area contributed by atoms with Crippen LogP contribution in [0.5, 0.6) is 0 Å². The van der Waals surface area contributed by atoms with Gasteiger partial charge < -0.3 is 25.2 Å². The van der Waals surface area contributed by atoms with Crippen molar-refractivity contribution in [3.05, 3.63) is 89.1 Å². The number of rotatable bonds is 18. The fourth-order valence-electron chi connectivity index (χ4n) is 14.7. The van der Waals surface area contributed by atoms with Crippen LogP contribution in [-0.4, -0.2) is 101 Å². The predicted molar refractivity (Wildman–Crippen MR) is 358 cm³/mol. The first-order valence-corrected chi connectivity index (χ1v) is 37.1. The van der Waals surface area contributed by atoms with Crippen LogP contribution in [0.25, 0.3) is 0 Å². The molecule has 6 fully saturated rings. The monoisotopic (exact) mass is 1310 g/mol. The van der Waals surface area contributed by atoms with Crippen LogP contribution in [-0.2, 0) is 35.6 Å². The highest BCUT2D eigenvalue weighted by Crippen LogP contribution is 2.53. The van der Waals surface area contributed by atoms with Gasteiger partial charge in [-0.25, -0.2) is 34.2 Å². The molecule has 2 saturated heterocycles. The van der Waals surface area contributed by atoms with Crippen molar-refractivity contribution < 1.29 is 40.3 Å². The van der Waals surface area contributed by atoms with Gasteiger partial charge in [0.25, 0.3) is 31.9 Å². The van der Waals surface area contributed by atoms with E-state index in [4.69, 9.17) is 9.72 Å². The molecule has 4 atom stereocenters. The Bertz CT molecular complexity index is 3540. The number of amides is 3. The topological polar surface area (TPSA) is 235 Å². The van der Waals surface area contributed by atoms with Crippen LogP contribution in [0.15, 0.2) is 70.7 Å². The number of nitrogens with one attached hydrogen (secondary N) is 4. The lowest BCUT2D eigenvalue weighted by atomic mass is 9.87. The van der Waals surface area contributed by atoms with E-state index in [9.17, 15) is 35.6 Å². The Morgan fingerprint density at radius 3 is 1.91 bits per heavy atom. The van der Waals surface area contributed by atoms with Gasteiger partial charge in [0, 0.05) is 58.5 Å². The van der Waals surface area contributed by atoms with E-state index in [1.54, 1.807) is 24.3 Å². The first-order valence-electron chi connectivity index (χ1n) is 34.1. The van der Waals surface area contributed by atoms with Crippen molar-refractivity contribution in [2.45, 2.75) is 255 Å². The standard InChI is InChI=1S/C38H56FN5O5S.C33H47N5O3S/c1-36(2,3)30-21-20-29(33(39)41-30)34(45)43-50(47,48)32-11-9-10-31(42-32)40-27(18-19-28(25-13-14-25)26-15-16-26)17-12-24-22-38(7,8)44(23-24)35(46)49-37(4,5)6;1-32(2,3)27-18-17-26-30(35-27)38-20-21(19-33(38,4)5)9-14-24(15-16-25(22-10-11-22)23-12-13-23)34-28-7-6-8-29(36-28)42(40,41)37-31(26)39/h9-11,20-21,24-28H,12-19,22-23H2,1-8H3,(H,40,42)(H,43,45);6-8,17-18,21-25H,9-16,19-20H2,1-5H3,(H,34,36)(H,37,39)/t24-,27?;21-,24?/m00/s1. The van der Waals surface area contributed by atoms with Gasteiger partial charge in [0.2, 0.25) is 5.95 Å². The summed E-state index contributed by atoms with van der Waals surface area (Å²) in [5.74, 6) is 4.43. The maximum absolute atomic E-state index is 14.8. The average Bonchev–Trinajstić information content (AvgIpc) is 1.83. The molecule has 7 aliphatic rings. The maximum atomic E-state index is 14.8. The zero-order chi connectivity index (χ0) is 66.5. The van der Waals surface area contributed by atoms with Crippen molar-refractivity contribution in [2.24, 2.45) is 47.3 Å². The van der Waals surface area contributed by atoms with Crippen molar-refractivity contribution in [3.63, 3.8) is 0 Å². The number of ether oxygens (including phenoxy) is 1. The van der Waals surface area contributed by atoms with Crippen molar-refractivity contribution in [2.75, 3.05) is 28.6 Å². The molecule has 21 heteroatoms. The lowest BCUT2D eigenvalue weighted by molar-refractivity contribution is 0.0130. The third-order valence-corrected chi connectivity index (χ3v) is 22.6. The zero-order valence-electron chi connectivity index (χ0n) is 56.8. The molecule has 3 amide bonds. The van der Waals surface area contributed by atoms with Crippen molar-refractivity contribution >= 4 is 55.4 Å². The summed E-state index contributed by atoms with van der Waals surface area (Å²) in [4.78, 5) is 61.4. The minimum atomic E-state index is -4.41. The molecule has 0 radical (unpaired) electrons. The summed E-state index contributed by atoms with van der Waals surface area (Å²) >= 11 is 0. The van der Waals surface area contributed by atoms with Crippen molar-refractivity contribution in [3.8, 4) is 0 Å². The Balaban J connectivity index is 0.000000204. The minimum Gasteiger partial charge on any atom is -0.444 e. The molecular weight excluding hydrogens is 1200 g/mol. The van der Waals surface area contributed by atoms with Crippen molar-refractivity contribution in [1.29, 1.82) is 0 Å². The van der Waals surface area contributed by atoms with Crippen LogP contribution in [0.1, 0.15) is 238 Å². The van der Waals surface area contributed by atoms with Gasteiger partial charge in [0.1, 0.15) is 23.1 Å². The van der Waals surface area contributed by atoms with Crippen LogP contribution in [0.3, 0.4) is 0 Å². The number of aromatic nitrogens is 4. The summed E-state index contributed by atoms with van der Waals surface area (Å²) < 4.78 is 78.2. The number of anilines is 3. The average molecular weight is 1310 g/mol. The van der Waals surface area contributed by atoms with Crippen LogP contribution < -0.4 is 25.0 Å². The van der Waals surface area contributed by atoms with Crippen LogP contribution in [0, 0.1) is 53.3 Å². The number of hydrogen-bond donors (Lipinski definition) is 4. The Hall–Kier alpha value is -5.96. The number of halogens is 1. The minimum absolute atomic E-state index is 0.0373. The maximum Gasteiger partial charge on any atom is 0.410 e. The Morgan fingerprint density at radius 2 is 1.30 bits per heavy atom. The number of nitrogens with zero attached hydrogens (tertiary/aromatic N) is 6. The predicted octanol–water partition coefficient (Wildman–Crippen LogP) is 14.1. The normalized spacial score (nSPS) is 22.7. The molecule has 7 heterocycles. The fourth-order valence-corrected chi connectivity index (χ4v) is 16.5. The molecule has 4 aromatic heterocycles. The summed E-state index contributed by atoms with van der Waals surface area (Å²) in [6, 6.07) is 16.2. The lowest BCUT2D eigenvalue weighted by Crippen LogP contribution is -2.45. The molecule has 0 spiro atoms. The van der Waals surface area contributed by atoms with Gasteiger partial charge in [-0.15, -0.1) is 0 Å². The second kappa shape index (κ2) is 26.7. The summed E-state index contributed by atoms with van der Waals surface area (Å²) in [6.45, 7) is 27.5. The van der Waals surface area contributed by atoms with Crippen LogP contribution >= 0.6 is 0 Å². The van der Waals surface area contributed by atoms with Gasteiger partial charge in [-0.3, -0.25) is 9.59 Å². The number of pyridine rings is 4. The Kier molecular flexibility index (Phi) is 20.0. The third kappa shape index (κ3) is 17.7. The third-order valence-electron chi connectivity index (χ3n) is 20.1. The van der Waals surface area contributed by atoms with E-state index in [0.717, 1.165) is 106 Å². The molecule has 4 aromatic rings. The molecule has 2 unspecified atom stereocenters. The quantitative estimate of drug-likeness (QED) is 0.0678. The molecule has 0 aromatic carbocycles. The fraction of sp³-hybridized carbons (Fsp3) is 0.676. The van der Waals surface area contributed by atoms with Gasteiger partial charge in [0.05, 0.1) is 11.1 Å². The largest absolute Gasteiger partial charge is 0.444 e. The molecule has 3 aliphatic heterocycles. The summed E-state index contributed by atoms with van der Waals surface area (Å²) in [5.41, 5.74) is -0.649. The van der Waals surface area contributed by atoms with E-state index in [2.05, 4.69) is 83.7 Å². The Labute approximate surface area is 547 Å². The summed E-state index contributed by atoms with van der Waals surface area (Å²) in [6.07, 6.45) is 20.4. The smallest absolute Gasteiger partial charge is 0.410 e. The summed E-state index contributed by atoms with van der Waals surface area (Å²) in [5, 5.41) is 6.64.